The van der Waals surface area contributed by atoms with Crippen LogP contribution in [-0.2, 0) is 19.4 Å². The Bertz CT molecular complexity index is 2630. The lowest BCUT2D eigenvalue weighted by Crippen LogP contribution is -2.24. The van der Waals surface area contributed by atoms with Crippen LogP contribution in [0.4, 0.5) is 48.3 Å². The van der Waals surface area contributed by atoms with Crippen LogP contribution in [0.5, 0.6) is 11.5 Å². The predicted molar refractivity (Wildman–Crippen MR) is 154 cm³/mol. The van der Waals surface area contributed by atoms with E-state index < -0.39 is 125 Å². The lowest BCUT2D eigenvalue weighted by Gasteiger charge is -2.19. The molecule has 0 fully saturated rings. The monoisotopic (exact) mass is 714 g/mol. The normalized spacial score (nSPS) is 12.4. The molecular formula is C32H13F11N2O5. The summed E-state index contributed by atoms with van der Waals surface area (Å²) in [6.45, 7) is 1.27. The molecule has 0 amide bonds. The zero-order valence-corrected chi connectivity index (χ0v) is 24.6. The highest BCUT2D eigenvalue weighted by atomic mass is 19.4. The molecule has 0 aliphatic heterocycles. The van der Waals surface area contributed by atoms with Crippen LogP contribution in [0.25, 0.3) is 38.4 Å². The topological polar surface area (TPSA) is 87.4 Å². The molecule has 0 bridgehead atoms. The van der Waals surface area contributed by atoms with Crippen LogP contribution in [0.2, 0.25) is 0 Å². The smallest absolute Gasteiger partial charge is 0.417 e. The third-order valence-corrected chi connectivity index (χ3v) is 7.90. The van der Waals surface area contributed by atoms with Gasteiger partial charge in [0.05, 0.1) is 38.4 Å². The van der Waals surface area contributed by atoms with Gasteiger partial charge in [-0.2, -0.15) is 35.1 Å². The van der Waals surface area contributed by atoms with Gasteiger partial charge in [0.25, 0.3) is 22.2 Å². The van der Waals surface area contributed by atoms with Crippen LogP contribution in [-0.4, -0.2) is 9.13 Å². The van der Waals surface area contributed by atoms with Gasteiger partial charge in [-0.3, -0.25) is 23.7 Å². The third-order valence-electron chi connectivity index (χ3n) is 7.90. The summed E-state index contributed by atoms with van der Waals surface area (Å²) in [5, 5.41) is -3.73. The van der Waals surface area contributed by atoms with Crippen LogP contribution in [0.3, 0.4) is 0 Å². The maximum absolute atomic E-state index is 14.7. The van der Waals surface area contributed by atoms with Crippen molar-refractivity contribution in [3.63, 3.8) is 0 Å². The first-order chi connectivity index (χ1) is 23.2. The summed E-state index contributed by atoms with van der Waals surface area (Å²) < 4.78 is 161. The van der Waals surface area contributed by atoms with Gasteiger partial charge < -0.3 is 4.74 Å². The van der Waals surface area contributed by atoms with E-state index >= 15 is 0 Å². The molecule has 4 aromatic carbocycles. The Kier molecular flexibility index (Phi) is 7.57. The molecule has 2 aromatic heterocycles. The third kappa shape index (κ3) is 4.96. The van der Waals surface area contributed by atoms with Gasteiger partial charge in [-0.15, -0.1) is 0 Å². The second kappa shape index (κ2) is 11.1. The highest BCUT2D eigenvalue weighted by molar-refractivity contribution is 6.05. The van der Waals surface area contributed by atoms with Gasteiger partial charge in [0, 0.05) is 7.05 Å². The largest absolute Gasteiger partial charge is 0.449 e. The van der Waals surface area contributed by atoms with E-state index in [2.05, 4.69) is 0 Å². The van der Waals surface area contributed by atoms with Gasteiger partial charge in [-0.05, 0) is 42.3 Å². The fourth-order valence-corrected chi connectivity index (χ4v) is 5.57. The number of alkyl halides is 6. The molecule has 0 N–H and O–H groups in total. The van der Waals surface area contributed by atoms with E-state index in [1.54, 1.807) is 0 Å². The number of benzene rings is 4. The second-order valence-electron chi connectivity index (χ2n) is 10.9. The summed E-state index contributed by atoms with van der Waals surface area (Å²) >= 11 is 0. The molecule has 0 spiro atoms. The molecule has 258 valence electrons. The van der Waals surface area contributed by atoms with E-state index in [-0.39, 0.29) is 16.2 Å². The van der Waals surface area contributed by atoms with E-state index in [9.17, 15) is 67.5 Å². The number of aryl methyl sites for hydroxylation is 1. The van der Waals surface area contributed by atoms with E-state index in [1.165, 1.54) is 6.92 Å². The number of rotatable bonds is 4. The van der Waals surface area contributed by atoms with Crippen molar-refractivity contribution in [1.82, 2.24) is 9.13 Å². The molecule has 0 aliphatic rings. The molecule has 0 unspecified atom stereocenters. The van der Waals surface area contributed by atoms with E-state index in [4.69, 9.17) is 4.74 Å². The molecule has 7 nitrogen and oxygen atoms in total. The van der Waals surface area contributed by atoms with Gasteiger partial charge in [0.1, 0.15) is 0 Å². The van der Waals surface area contributed by atoms with Crippen molar-refractivity contribution in [2.24, 2.45) is 7.05 Å². The van der Waals surface area contributed by atoms with Gasteiger partial charge in [0.2, 0.25) is 34.8 Å². The van der Waals surface area contributed by atoms with Crippen molar-refractivity contribution in [2.45, 2.75) is 19.3 Å². The minimum Gasteiger partial charge on any atom is -0.449 e. The predicted octanol–water partition coefficient (Wildman–Crippen LogP) is 6.94. The average molecular weight is 714 g/mol. The van der Waals surface area contributed by atoms with Crippen LogP contribution >= 0.6 is 0 Å². The quantitative estimate of drug-likeness (QED) is 0.112. The van der Waals surface area contributed by atoms with Crippen molar-refractivity contribution in [2.75, 3.05) is 0 Å². The first-order valence-corrected chi connectivity index (χ1v) is 13.7. The van der Waals surface area contributed by atoms with E-state index in [0.29, 0.717) is 28.8 Å². The number of aromatic nitrogens is 2. The average Bonchev–Trinajstić information content (AvgIpc) is 3.43. The minimum absolute atomic E-state index is 0.0305. The summed E-state index contributed by atoms with van der Waals surface area (Å²) in [6.07, 6.45) is -10.5. The molecule has 2 heterocycles. The zero-order valence-electron chi connectivity index (χ0n) is 24.6. The Balaban J connectivity index is 1.69. The molecular weight excluding hydrogens is 701 g/mol. The molecule has 0 radical (unpaired) electrons. The fourth-order valence-electron chi connectivity index (χ4n) is 5.57. The maximum Gasteiger partial charge on any atom is 0.417 e. The van der Waals surface area contributed by atoms with Crippen LogP contribution < -0.4 is 27.0 Å². The van der Waals surface area contributed by atoms with Crippen molar-refractivity contribution < 1.29 is 53.0 Å². The Morgan fingerprint density at radius 2 is 1.04 bits per heavy atom. The Morgan fingerprint density at radius 3 is 1.60 bits per heavy atom. The van der Waals surface area contributed by atoms with Crippen molar-refractivity contribution in [3.8, 4) is 28.3 Å². The number of hydrogen-bond donors (Lipinski definition) is 0. The number of fused-ring (bicyclic) bond motifs is 2. The lowest BCUT2D eigenvalue weighted by molar-refractivity contribution is -0.139. The Labute approximate surface area is 268 Å². The molecule has 0 saturated carbocycles. The molecule has 0 atom stereocenters. The van der Waals surface area contributed by atoms with Gasteiger partial charge in [0.15, 0.2) is 5.75 Å². The fraction of sp³-hybridized carbons (Fsp3) is 0.125. The molecule has 0 saturated heterocycles. The molecule has 18 heteroatoms. The number of ether oxygens (including phenoxy) is 1. The number of hydrogen-bond acceptors (Lipinski definition) is 5. The maximum atomic E-state index is 14.7. The molecule has 0 aliphatic carbocycles. The summed E-state index contributed by atoms with van der Waals surface area (Å²) in [4.78, 5) is 53.2. The Hall–Kier alpha value is -5.81. The van der Waals surface area contributed by atoms with Crippen molar-refractivity contribution in [3.05, 3.63) is 130 Å². The molecule has 50 heavy (non-hydrogen) atoms. The minimum atomic E-state index is -5.40. The first-order valence-electron chi connectivity index (χ1n) is 13.7. The standard InChI is InChI=1S/C32H13F11N2O5/c1-10-3-5-12(16(7-10)31(38,39)40)13-6-4-11(8-17(13)32(41,42)43)45-28(47)15-9-14-18(29(48)44(2)27(14)46)25(19(15)30(45)49)50-26-23(36)21(34)20(33)22(35)24(26)37/h3-9H,1-2H3. The van der Waals surface area contributed by atoms with Gasteiger partial charge in [-0.1, -0.05) is 23.8 Å². The second-order valence-corrected chi connectivity index (χ2v) is 10.9. The first kappa shape index (κ1) is 34.1. The highest BCUT2D eigenvalue weighted by Gasteiger charge is 2.39. The van der Waals surface area contributed by atoms with Crippen LogP contribution in [0.1, 0.15) is 16.7 Å². The van der Waals surface area contributed by atoms with E-state index in [1.807, 2.05) is 0 Å². The Morgan fingerprint density at radius 1 is 0.560 bits per heavy atom. The zero-order chi connectivity index (χ0) is 36.9. The highest BCUT2D eigenvalue weighted by Crippen LogP contribution is 2.44. The molecule has 6 rings (SSSR count). The summed E-state index contributed by atoms with van der Waals surface area (Å²) in [5.41, 5.74) is -11.6. The van der Waals surface area contributed by atoms with Crippen LogP contribution in [0.15, 0.2) is 61.6 Å². The number of nitrogens with zero attached hydrogens (tertiary/aromatic N) is 2. The van der Waals surface area contributed by atoms with Gasteiger partial charge in [-0.25, -0.2) is 17.7 Å². The van der Waals surface area contributed by atoms with Crippen LogP contribution in [0, 0.1) is 36.0 Å². The summed E-state index contributed by atoms with van der Waals surface area (Å²) in [6, 6.07) is 4.55. The van der Waals surface area contributed by atoms with E-state index in [0.717, 1.165) is 19.2 Å². The summed E-state index contributed by atoms with van der Waals surface area (Å²) in [5.74, 6) is -16.2. The lowest BCUT2D eigenvalue weighted by atomic mass is 9.93. The SMILES string of the molecule is Cc1ccc(-c2ccc(-n3c(=O)c4cc5c(=O)n(C)c(=O)c5c(Oc5c(F)c(F)c(F)c(F)c5F)c4c3=O)cc2C(F)(F)F)c(C(F)(F)F)c1. The number of halogens is 11. The van der Waals surface area contributed by atoms with Gasteiger partial charge >= 0.3 is 12.4 Å². The van der Waals surface area contributed by atoms with Crippen molar-refractivity contribution >= 4 is 21.5 Å². The molecule has 6 aromatic rings. The summed E-state index contributed by atoms with van der Waals surface area (Å²) in [7, 11) is 0.895. The van der Waals surface area contributed by atoms with Crippen molar-refractivity contribution in [1.29, 1.82) is 0 Å².